The fourth-order valence-corrected chi connectivity index (χ4v) is 3.93. The number of methoxy groups -OCH3 is 1. The van der Waals surface area contributed by atoms with E-state index in [1.165, 1.54) is 4.90 Å². The molecule has 6 nitrogen and oxygen atoms in total. The molecule has 0 atom stereocenters. The van der Waals surface area contributed by atoms with Crippen LogP contribution >= 0.6 is 11.6 Å². The number of hydrogen-bond donors (Lipinski definition) is 1. The number of fused-ring (bicyclic) bond motifs is 1. The van der Waals surface area contributed by atoms with Gasteiger partial charge in [0, 0.05) is 11.1 Å². The number of carbonyl (C=O) groups is 2. The van der Waals surface area contributed by atoms with Crippen LogP contribution in [0.15, 0.2) is 60.7 Å². The number of ether oxygens (including phenoxy) is 2. The summed E-state index contributed by atoms with van der Waals surface area (Å²) in [6, 6.07) is 17.3. The van der Waals surface area contributed by atoms with E-state index in [-0.39, 0.29) is 29.0 Å². The minimum Gasteiger partial charge on any atom is -0.503 e. The first-order valence-electron chi connectivity index (χ1n) is 10.4. The first-order valence-corrected chi connectivity index (χ1v) is 10.8. The highest BCUT2D eigenvalue weighted by Crippen LogP contribution is 2.38. The monoisotopic (exact) mass is 463 g/mol. The fraction of sp³-hybridized carbons (Fsp3) is 0.154. The number of nitrogens with zero attached hydrogens (tertiary/aromatic N) is 1. The summed E-state index contributed by atoms with van der Waals surface area (Å²) in [5.74, 6) is -0.0267. The minimum absolute atomic E-state index is 0.107. The molecule has 3 aromatic carbocycles. The molecule has 0 bridgehead atoms. The topological polar surface area (TPSA) is 76.1 Å². The number of aromatic hydroxyl groups is 1. The third-order valence-electron chi connectivity index (χ3n) is 5.33. The van der Waals surface area contributed by atoms with Gasteiger partial charge < -0.3 is 14.6 Å². The second-order valence-electron chi connectivity index (χ2n) is 7.43. The molecule has 0 saturated heterocycles. The van der Waals surface area contributed by atoms with Crippen molar-refractivity contribution in [1.29, 1.82) is 0 Å². The van der Waals surface area contributed by atoms with Crippen LogP contribution in [-0.2, 0) is 11.3 Å². The maximum atomic E-state index is 13.5. The minimum atomic E-state index is -0.420. The number of rotatable bonds is 6. The van der Waals surface area contributed by atoms with Crippen molar-refractivity contribution < 1.29 is 24.2 Å². The van der Waals surface area contributed by atoms with Gasteiger partial charge in [0.05, 0.1) is 25.3 Å². The average Bonchev–Trinajstić information content (AvgIpc) is 2.83. The number of benzene rings is 3. The van der Waals surface area contributed by atoms with Crippen LogP contribution in [-0.4, -0.2) is 35.5 Å². The van der Waals surface area contributed by atoms with Gasteiger partial charge in [0.15, 0.2) is 11.5 Å². The molecule has 0 saturated carbocycles. The number of carbonyl (C=O) groups excluding carboxylic acids is 2. The van der Waals surface area contributed by atoms with Gasteiger partial charge in [-0.1, -0.05) is 41.9 Å². The van der Waals surface area contributed by atoms with E-state index in [9.17, 15) is 14.7 Å². The molecule has 0 radical (unpaired) electrons. The third kappa shape index (κ3) is 4.43. The van der Waals surface area contributed by atoms with Crippen LogP contribution in [0.3, 0.4) is 0 Å². The zero-order chi connectivity index (χ0) is 23.5. The van der Waals surface area contributed by atoms with Crippen LogP contribution in [0.25, 0.3) is 11.6 Å². The lowest BCUT2D eigenvalue weighted by molar-refractivity contribution is -0.123. The lowest BCUT2D eigenvalue weighted by Crippen LogP contribution is -2.41. The molecule has 1 aliphatic heterocycles. The largest absolute Gasteiger partial charge is 0.503 e. The van der Waals surface area contributed by atoms with Crippen molar-refractivity contribution in [2.24, 2.45) is 0 Å². The normalized spacial score (nSPS) is 14.4. The van der Waals surface area contributed by atoms with E-state index in [2.05, 4.69) is 0 Å². The molecule has 168 valence electrons. The molecule has 33 heavy (non-hydrogen) atoms. The van der Waals surface area contributed by atoms with E-state index in [4.69, 9.17) is 21.1 Å². The first kappa shape index (κ1) is 22.4. The Labute approximate surface area is 196 Å². The summed E-state index contributed by atoms with van der Waals surface area (Å²) >= 11 is 6.17. The van der Waals surface area contributed by atoms with Crippen molar-refractivity contribution in [1.82, 2.24) is 4.90 Å². The standard InChI is InChI=1S/C26H22ClNO5/c1-3-33-23-14-17(13-22(27)24(23)29)12-21-19-6-4-5-7-20(19)25(30)28(26(21)31)15-16-8-10-18(32-2)11-9-16/h4-14,29H,3,15H2,1-2H3/b21-12+. The van der Waals surface area contributed by atoms with E-state index in [0.29, 0.717) is 34.6 Å². The van der Waals surface area contributed by atoms with Crippen LogP contribution in [0, 0.1) is 0 Å². The Morgan fingerprint density at radius 2 is 1.70 bits per heavy atom. The quantitative estimate of drug-likeness (QED) is 0.403. The van der Waals surface area contributed by atoms with Crippen LogP contribution < -0.4 is 9.47 Å². The van der Waals surface area contributed by atoms with E-state index in [0.717, 1.165) is 5.56 Å². The number of imide groups is 1. The molecule has 1 heterocycles. The molecule has 0 aromatic heterocycles. The third-order valence-corrected chi connectivity index (χ3v) is 5.62. The van der Waals surface area contributed by atoms with Gasteiger partial charge in [-0.05, 0) is 60.0 Å². The van der Waals surface area contributed by atoms with Crippen molar-refractivity contribution in [2.75, 3.05) is 13.7 Å². The van der Waals surface area contributed by atoms with Gasteiger partial charge in [-0.15, -0.1) is 0 Å². The molecule has 0 aliphatic carbocycles. The van der Waals surface area contributed by atoms with E-state index in [1.807, 2.05) is 12.1 Å². The van der Waals surface area contributed by atoms with Crippen LogP contribution in [0.5, 0.6) is 17.2 Å². The van der Waals surface area contributed by atoms with E-state index >= 15 is 0 Å². The zero-order valence-electron chi connectivity index (χ0n) is 18.2. The van der Waals surface area contributed by atoms with Gasteiger partial charge >= 0.3 is 0 Å². The number of phenolic OH excluding ortho intramolecular Hbond substituents is 1. The Balaban J connectivity index is 1.78. The van der Waals surface area contributed by atoms with Gasteiger partial charge in [-0.2, -0.15) is 0 Å². The smallest absolute Gasteiger partial charge is 0.261 e. The Morgan fingerprint density at radius 3 is 2.36 bits per heavy atom. The van der Waals surface area contributed by atoms with Crippen LogP contribution in [0.2, 0.25) is 5.02 Å². The number of halogens is 1. The SMILES string of the molecule is CCOc1cc(/C=C2/C(=O)N(Cc3ccc(OC)cc3)C(=O)c3ccccc32)cc(Cl)c1O. The van der Waals surface area contributed by atoms with Gasteiger partial charge in [0.2, 0.25) is 0 Å². The average molecular weight is 464 g/mol. The first-order chi connectivity index (χ1) is 15.9. The number of hydrogen-bond acceptors (Lipinski definition) is 5. The fourth-order valence-electron chi connectivity index (χ4n) is 3.71. The Kier molecular flexibility index (Phi) is 6.38. The second kappa shape index (κ2) is 9.38. The van der Waals surface area contributed by atoms with Crippen LogP contribution in [0.4, 0.5) is 0 Å². The predicted octanol–water partition coefficient (Wildman–Crippen LogP) is 5.18. The van der Waals surface area contributed by atoms with Crippen LogP contribution in [0.1, 0.15) is 34.0 Å². The summed E-state index contributed by atoms with van der Waals surface area (Å²) in [6.45, 7) is 2.26. The summed E-state index contributed by atoms with van der Waals surface area (Å²) in [6.07, 6.45) is 1.66. The van der Waals surface area contributed by atoms with Gasteiger partial charge in [-0.3, -0.25) is 14.5 Å². The molecule has 4 rings (SSSR count). The molecule has 1 N–H and O–H groups in total. The molecular weight excluding hydrogens is 442 g/mol. The highest BCUT2D eigenvalue weighted by molar-refractivity contribution is 6.34. The van der Waals surface area contributed by atoms with Crippen molar-refractivity contribution in [3.63, 3.8) is 0 Å². The summed E-state index contributed by atoms with van der Waals surface area (Å²) in [5.41, 5.74) is 2.69. The highest BCUT2D eigenvalue weighted by Gasteiger charge is 2.34. The molecule has 7 heteroatoms. The molecular formula is C26H22ClNO5. The zero-order valence-corrected chi connectivity index (χ0v) is 18.9. The summed E-state index contributed by atoms with van der Waals surface area (Å²) in [7, 11) is 1.58. The highest BCUT2D eigenvalue weighted by atomic mass is 35.5. The summed E-state index contributed by atoms with van der Waals surface area (Å²) in [4.78, 5) is 27.9. The van der Waals surface area contributed by atoms with Crippen molar-refractivity contribution >= 4 is 35.1 Å². The molecule has 2 amide bonds. The number of amides is 2. The lowest BCUT2D eigenvalue weighted by atomic mass is 9.91. The van der Waals surface area contributed by atoms with Gasteiger partial charge in [-0.25, -0.2) is 0 Å². The van der Waals surface area contributed by atoms with Crippen molar-refractivity contribution in [3.05, 3.63) is 87.9 Å². The Bertz CT molecular complexity index is 1250. The maximum Gasteiger partial charge on any atom is 0.261 e. The molecule has 1 aliphatic rings. The van der Waals surface area contributed by atoms with E-state index < -0.39 is 5.91 Å². The van der Waals surface area contributed by atoms with Crippen molar-refractivity contribution in [3.8, 4) is 17.2 Å². The Hall–Kier alpha value is -3.77. The van der Waals surface area contributed by atoms with Crippen molar-refractivity contribution in [2.45, 2.75) is 13.5 Å². The lowest BCUT2D eigenvalue weighted by Gasteiger charge is -2.29. The molecule has 0 fully saturated rings. The number of phenols is 1. The summed E-state index contributed by atoms with van der Waals surface area (Å²) in [5, 5.41) is 10.2. The summed E-state index contributed by atoms with van der Waals surface area (Å²) < 4.78 is 10.6. The van der Waals surface area contributed by atoms with E-state index in [1.54, 1.807) is 68.6 Å². The second-order valence-corrected chi connectivity index (χ2v) is 7.84. The van der Waals surface area contributed by atoms with Gasteiger partial charge in [0.1, 0.15) is 5.75 Å². The maximum absolute atomic E-state index is 13.5. The Morgan fingerprint density at radius 1 is 1.00 bits per heavy atom. The molecule has 0 unspecified atom stereocenters. The molecule has 0 spiro atoms. The predicted molar refractivity (Wildman–Crippen MR) is 126 cm³/mol. The van der Waals surface area contributed by atoms with Gasteiger partial charge in [0.25, 0.3) is 11.8 Å². The molecule has 3 aromatic rings.